The zero-order chi connectivity index (χ0) is 18.1. The highest BCUT2D eigenvalue weighted by Crippen LogP contribution is 2.34. The van der Waals surface area contributed by atoms with E-state index in [0.29, 0.717) is 37.4 Å². The molecule has 0 radical (unpaired) electrons. The molecule has 2 aromatic rings. The minimum absolute atomic E-state index is 0.368. The zero-order valence-electron chi connectivity index (χ0n) is 14.4. The molecule has 0 N–H and O–H groups in total. The van der Waals surface area contributed by atoms with Gasteiger partial charge >= 0.3 is 0 Å². The summed E-state index contributed by atoms with van der Waals surface area (Å²) in [4.78, 5) is 6.25. The molecule has 0 spiro atoms. The Kier molecular flexibility index (Phi) is 4.29. The topological polar surface area (TPSA) is 77.3 Å². The van der Waals surface area contributed by atoms with E-state index >= 15 is 0 Å². The maximum atomic E-state index is 13.3. The SMILES string of the molecule is N#Cc1cccnc1N1CCCC(S(=O)(=O)N2CCc3ccccc32)C1. The van der Waals surface area contributed by atoms with Crippen molar-refractivity contribution in [1.82, 2.24) is 4.98 Å². The Hall–Kier alpha value is -2.59. The molecular formula is C19H20N4O2S. The predicted molar refractivity (Wildman–Crippen MR) is 101 cm³/mol. The highest BCUT2D eigenvalue weighted by atomic mass is 32.2. The van der Waals surface area contributed by atoms with E-state index in [1.165, 1.54) is 0 Å². The number of sulfonamides is 1. The third-order valence-electron chi connectivity index (χ3n) is 5.16. The Morgan fingerprint density at radius 3 is 2.85 bits per heavy atom. The molecule has 1 saturated heterocycles. The van der Waals surface area contributed by atoms with Gasteiger partial charge in [-0.15, -0.1) is 0 Å². The molecule has 6 nitrogen and oxygen atoms in total. The number of benzene rings is 1. The van der Waals surface area contributed by atoms with Gasteiger partial charge in [-0.2, -0.15) is 5.26 Å². The van der Waals surface area contributed by atoms with Crippen LogP contribution in [-0.4, -0.2) is 38.3 Å². The van der Waals surface area contributed by atoms with Gasteiger partial charge in [0.15, 0.2) is 0 Å². The summed E-state index contributed by atoms with van der Waals surface area (Å²) in [5, 5.41) is 8.82. The van der Waals surface area contributed by atoms with Crippen LogP contribution >= 0.6 is 0 Å². The van der Waals surface area contributed by atoms with Crippen LogP contribution in [0.3, 0.4) is 0 Å². The molecule has 2 aliphatic rings. The highest BCUT2D eigenvalue weighted by molar-refractivity contribution is 7.93. The Bertz CT molecular complexity index is 967. The molecule has 1 unspecified atom stereocenters. The van der Waals surface area contributed by atoms with E-state index in [2.05, 4.69) is 11.1 Å². The van der Waals surface area contributed by atoms with Crippen molar-refractivity contribution >= 4 is 21.5 Å². The summed E-state index contributed by atoms with van der Waals surface area (Å²) in [5.74, 6) is 0.580. The molecule has 1 aromatic carbocycles. The average molecular weight is 368 g/mol. The van der Waals surface area contributed by atoms with Gasteiger partial charge in [0.25, 0.3) is 0 Å². The molecule has 134 valence electrons. The van der Waals surface area contributed by atoms with Crippen LogP contribution in [0, 0.1) is 11.3 Å². The van der Waals surface area contributed by atoms with Gasteiger partial charge in [-0.3, -0.25) is 4.31 Å². The molecule has 26 heavy (non-hydrogen) atoms. The lowest BCUT2D eigenvalue weighted by molar-refractivity contribution is 0.527. The van der Waals surface area contributed by atoms with Gasteiger partial charge in [-0.1, -0.05) is 18.2 Å². The first-order valence-corrected chi connectivity index (χ1v) is 10.3. The number of pyridine rings is 1. The minimum Gasteiger partial charge on any atom is -0.354 e. The number of hydrogen-bond acceptors (Lipinski definition) is 5. The summed E-state index contributed by atoms with van der Waals surface area (Å²) in [6.07, 6.45) is 3.79. The summed E-state index contributed by atoms with van der Waals surface area (Å²) in [5.41, 5.74) is 2.37. The summed E-state index contributed by atoms with van der Waals surface area (Å²) >= 11 is 0. The van der Waals surface area contributed by atoms with Gasteiger partial charge in [-0.05, 0) is 43.0 Å². The number of para-hydroxylation sites is 1. The normalized spacial score (nSPS) is 19.9. The Morgan fingerprint density at radius 1 is 1.15 bits per heavy atom. The molecule has 0 saturated carbocycles. The molecule has 1 aromatic heterocycles. The number of nitriles is 1. The van der Waals surface area contributed by atoms with Gasteiger partial charge in [0.2, 0.25) is 10.0 Å². The summed E-state index contributed by atoms with van der Waals surface area (Å²) in [7, 11) is -3.45. The lowest BCUT2D eigenvalue weighted by atomic mass is 10.1. The summed E-state index contributed by atoms with van der Waals surface area (Å²) in [6.45, 7) is 1.59. The Labute approximate surface area is 153 Å². The van der Waals surface area contributed by atoms with Crippen molar-refractivity contribution in [3.05, 3.63) is 53.7 Å². The average Bonchev–Trinajstić information content (AvgIpc) is 3.13. The number of piperidine rings is 1. The Balaban J connectivity index is 1.61. The molecule has 0 bridgehead atoms. The molecule has 1 atom stereocenters. The van der Waals surface area contributed by atoms with Gasteiger partial charge in [0.1, 0.15) is 11.9 Å². The van der Waals surface area contributed by atoms with Crippen molar-refractivity contribution < 1.29 is 8.42 Å². The monoisotopic (exact) mass is 368 g/mol. The number of nitrogens with zero attached hydrogens (tertiary/aromatic N) is 4. The van der Waals surface area contributed by atoms with Crippen molar-refractivity contribution in [2.75, 3.05) is 28.8 Å². The maximum absolute atomic E-state index is 13.3. The van der Waals surface area contributed by atoms with Crippen LogP contribution in [0.5, 0.6) is 0 Å². The third kappa shape index (κ3) is 2.80. The first-order valence-electron chi connectivity index (χ1n) is 8.81. The van der Waals surface area contributed by atoms with Gasteiger partial charge in [0, 0.05) is 25.8 Å². The zero-order valence-corrected chi connectivity index (χ0v) is 15.2. The quantitative estimate of drug-likeness (QED) is 0.831. The van der Waals surface area contributed by atoms with E-state index < -0.39 is 15.3 Å². The van der Waals surface area contributed by atoms with E-state index in [4.69, 9.17) is 0 Å². The molecule has 2 aliphatic heterocycles. The lowest BCUT2D eigenvalue weighted by Crippen LogP contribution is -2.48. The van der Waals surface area contributed by atoms with Crippen molar-refractivity contribution in [1.29, 1.82) is 5.26 Å². The lowest BCUT2D eigenvalue weighted by Gasteiger charge is -2.35. The van der Waals surface area contributed by atoms with E-state index in [-0.39, 0.29) is 0 Å². The minimum atomic E-state index is -3.45. The van der Waals surface area contributed by atoms with E-state index in [1.807, 2.05) is 29.2 Å². The van der Waals surface area contributed by atoms with Crippen LogP contribution < -0.4 is 9.21 Å². The van der Waals surface area contributed by atoms with Crippen LogP contribution in [0.15, 0.2) is 42.6 Å². The predicted octanol–water partition coefficient (Wildman–Crippen LogP) is 2.31. The first-order chi connectivity index (χ1) is 12.6. The van der Waals surface area contributed by atoms with Crippen molar-refractivity contribution in [2.24, 2.45) is 0 Å². The van der Waals surface area contributed by atoms with E-state index in [0.717, 1.165) is 24.1 Å². The molecule has 3 heterocycles. The van der Waals surface area contributed by atoms with Gasteiger partial charge < -0.3 is 4.90 Å². The molecule has 0 amide bonds. The largest absolute Gasteiger partial charge is 0.354 e. The second-order valence-electron chi connectivity index (χ2n) is 6.69. The number of rotatable bonds is 3. The summed E-state index contributed by atoms with van der Waals surface area (Å²) < 4.78 is 28.2. The fraction of sp³-hybridized carbons (Fsp3) is 0.368. The number of hydrogen-bond donors (Lipinski definition) is 0. The highest BCUT2D eigenvalue weighted by Gasteiger charge is 2.38. The number of aromatic nitrogens is 1. The molecule has 1 fully saturated rings. The molecule has 4 rings (SSSR count). The fourth-order valence-electron chi connectivity index (χ4n) is 3.86. The number of anilines is 2. The van der Waals surface area contributed by atoms with Gasteiger partial charge in [-0.25, -0.2) is 13.4 Å². The smallest absolute Gasteiger partial charge is 0.239 e. The second kappa shape index (κ2) is 6.61. The van der Waals surface area contributed by atoms with E-state index in [1.54, 1.807) is 22.6 Å². The molecular weight excluding hydrogens is 348 g/mol. The Morgan fingerprint density at radius 2 is 2.00 bits per heavy atom. The fourth-order valence-corrected chi connectivity index (χ4v) is 5.85. The maximum Gasteiger partial charge on any atom is 0.239 e. The van der Waals surface area contributed by atoms with Crippen LogP contribution in [0.4, 0.5) is 11.5 Å². The van der Waals surface area contributed by atoms with E-state index in [9.17, 15) is 13.7 Å². The molecule has 0 aliphatic carbocycles. The van der Waals surface area contributed by atoms with Crippen molar-refractivity contribution in [3.63, 3.8) is 0 Å². The van der Waals surface area contributed by atoms with Crippen LogP contribution in [-0.2, 0) is 16.4 Å². The van der Waals surface area contributed by atoms with Crippen molar-refractivity contribution in [3.8, 4) is 6.07 Å². The van der Waals surface area contributed by atoms with Gasteiger partial charge in [0.05, 0.1) is 16.5 Å². The third-order valence-corrected chi connectivity index (χ3v) is 7.38. The van der Waals surface area contributed by atoms with Crippen LogP contribution in [0.2, 0.25) is 0 Å². The molecule has 7 heteroatoms. The standard InChI is InChI=1S/C19H20N4O2S/c20-13-16-6-3-10-21-19(16)22-11-4-7-17(14-22)26(24,25)23-12-9-15-5-1-2-8-18(15)23/h1-3,5-6,8,10,17H,4,7,9,11-12,14H2. The van der Waals surface area contributed by atoms with Crippen molar-refractivity contribution in [2.45, 2.75) is 24.5 Å². The number of fused-ring (bicyclic) bond motifs is 1. The van der Waals surface area contributed by atoms with Crippen LogP contribution in [0.25, 0.3) is 0 Å². The first kappa shape index (κ1) is 16.9. The second-order valence-corrected chi connectivity index (χ2v) is 8.83. The summed E-state index contributed by atoms with van der Waals surface area (Å²) in [6, 6.07) is 13.3. The van der Waals surface area contributed by atoms with Crippen LogP contribution in [0.1, 0.15) is 24.0 Å².